The molecule has 1 aromatic rings. The van der Waals surface area contributed by atoms with Gasteiger partial charge in [0, 0.05) is 19.0 Å². The second kappa shape index (κ2) is 4.14. The lowest BCUT2D eigenvalue weighted by Crippen LogP contribution is -2.32. The number of hydrogen-bond acceptors (Lipinski definition) is 3. The smallest absolute Gasteiger partial charge is 0.345 e. The third kappa shape index (κ3) is 2.65. The van der Waals surface area contributed by atoms with Gasteiger partial charge in [-0.2, -0.15) is 5.10 Å². The lowest BCUT2D eigenvalue weighted by Gasteiger charge is -2.22. The van der Waals surface area contributed by atoms with E-state index >= 15 is 0 Å². The van der Waals surface area contributed by atoms with Gasteiger partial charge in [-0.1, -0.05) is 26.1 Å². The molecule has 0 saturated heterocycles. The van der Waals surface area contributed by atoms with Crippen molar-refractivity contribution in [3.63, 3.8) is 0 Å². The first kappa shape index (κ1) is 11.9. The van der Waals surface area contributed by atoms with Crippen LogP contribution in [0.1, 0.15) is 20.3 Å². The van der Waals surface area contributed by atoms with Crippen LogP contribution in [-0.4, -0.2) is 19.3 Å². The summed E-state index contributed by atoms with van der Waals surface area (Å²) in [5.74, 6) is 0. The summed E-state index contributed by atoms with van der Waals surface area (Å²) in [5, 5.41) is 3.96. The number of nitrogens with zero attached hydrogens (tertiary/aromatic N) is 3. The zero-order chi connectivity index (χ0) is 11.6. The van der Waals surface area contributed by atoms with Crippen LogP contribution in [0, 0.1) is 5.41 Å². The number of hydrogen-bond donors (Lipinski definition) is 1. The van der Waals surface area contributed by atoms with Crippen LogP contribution in [0.25, 0.3) is 0 Å². The van der Waals surface area contributed by atoms with Crippen LogP contribution in [0.5, 0.6) is 0 Å². The molecule has 2 N–H and O–H groups in total. The molecule has 0 unspecified atom stereocenters. The topological polar surface area (TPSA) is 65.8 Å². The first-order valence-electron chi connectivity index (χ1n) is 4.73. The summed E-state index contributed by atoms with van der Waals surface area (Å²) < 4.78 is 2.85. The van der Waals surface area contributed by atoms with Crippen LogP contribution < -0.4 is 11.4 Å². The fourth-order valence-corrected chi connectivity index (χ4v) is 1.18. The summed E-state index contributed by atoms with van der Waals surface area (Å²) in [6, 6.07) is 0. The third-order valence-electron chi connectivity index (χ3n) is 2.50. The summed E-state index contributed by atoms with van der Waals surface area (Å²) in [5.41, 5.74) is 5.24. The summed E-state index contributed by atoms with van der Waals surface area (Å²) in [6.45, 7) is 4.45. The maximum absolute atomic E-state index is 11.5. The van der Waals surface area contributed by atoms with Crippen LogP contribution in [0.2, 0.25) is 0 Å². The van der Waals surface area contributed by atoms with Crippen molar-refractivity contribution in [3.05, 3.63) is 16.8 Å². The molecule has 0 atom stereocenters. The molecule has 6 heteroatoms. The van der Waals surface area contributed by atoms with Crippen LogP contribution in [0.15, 0.2) is 11.1 Å². The van der Waals surface area contributed by atoms with Crippen LogP contribution in [0.4, 0.5) is 0 Å². The average Bonchev–Trinajstić information content (AvgIpc) is 2.45. The van der Waals surface area contributed by atoms with E-state index in [1.807, 2.05) is 13.8 Å². The second-order valence-electron chi connectivity index (χ2n) is 4.25. The molecule has 1 heterocycles. The minimum atomic E-state index is -0.244. The predicted octanol–water partition coefficient (Wildman–Crippen LogP) is 0.284. The van der Waals surface area contributed by atoms with Crippen molar-refractivity contribution in [2.45, 2.75) is 26.8 Å². The molecule has 15 heavy (non-hydrogen) atoms. The Morgan fingerprint density at radius 3 is 2.67 bits per heavy atom. The molecule has 0 aliphatic carbocycles. The molecule has 0 spiro atoms. The molecular weight excluding hydrogens is 212 g/mol. The average molecular weight is 228 g/mol. The second-order valence-corrected chi connectivity index (χ2v) is 4.69. The fourth-order valence-electron chi connectivity index (χ4n) is 1.08. The molecule has 0 amide bonds. The van der Waals surface area contributed by atoms with Gasteiger partial charge in [0.2, 0.25) is 0 Å². The highest BCUT2D eigenvalue weighted by Crippen LogP contribution is 2.20. The van der Waals surface area contributed by atoms with Gasteiger partial charge in [0.15, 0.2) is 0 Å². The van der Waals surface area contributed by atoms with Gasteiger partial charge in [-0.25, -0.2) is 9.48 Å². The quantitative estimate of drug-likeness (QED) is 0.752. The molecule has 0 aliphatic heterocycles. The number of rotatable bonds is 4. The highest BCUT2D eigenvalue weighted by atomic mass is 32.1. The van der Waals surface area contributed by atoms with E-state index in [4.69, 9.17) is 18.0 Å². The predicted molar refractivity (Wildman–Crippen MR) is 62.7 cm³/mol. The summed E-state index contributed by atoms with van der Waals surface area (Å²) in [7, 11) is 1.67. The first-order chi connectivity index (χ1) is 6.84. The lowest BCUT2D eigenvalue weighted by atomic mass is 9.89. The van der Waals surface area contributed by atoms with Gasteiger partial charge in [-0.3, -0.25) is 4.57 Å². The van der Waals surface area contributed by atoms with Gasteiger partial charge >= 0.3 is 5.69 Å². The van der Waals surface area contributed by atoms with Crippen molar-refractivity contribution in [3.8, 4) is 0 Å². The number of nitrogens with two attached hydrogens (primary N) is 1. The van der Waals surface area contributed by atoms with Crippen molar-refractivity contribution in [2.75, 3.05) is 0 Å². The zero-order valence-electron chi connectivity index (χ0n) is 9.23. The molecule has 5 nitrogen and oxygen atoms in total. The largest absolute Gasteiger partial charge is 0.393 e. The highest BCUT2D eigenvalue weighted by molar-refractivity contribution is 7.80. The molecule has 1 rings (SSSR count). The van der Waals surface area contributed by atoms with Gasteiger partial charge < -0.3 is 5.73 Å². The lowest BCUT2D eigenvalue weighted by molar-refractivity contribution is 0.411. The van der Waals surface area contributed by atoms with E-state index < -0.39 is 0 Å². The van der Waals surface area contributed by atoms with Crippen molar-refractivity contribution >= 4 is 17.2 Å². The number of aromatic nitrogens is 3. The number of aryl methyl sites for hydroxylation is 2. The van der Waals surface area contributed by atoms with E-state index in [-0.39, 0.29) is 11.1 Å². The Labute approximate surface area is 93.9 Å². The SMILES string of the molecule is Cn1cnn(CCC(C)(C)C(N)=S)c1=O. The zero-order valence-corrected chi connectivity index (χ0v) is 10.0. The van der Waals surface area contributed by atoms with Gasteiger partial charge in [0.25, 0.3) is 0 Å². The molecule has 84 valence electrons. The molecule has 0 aromatic carbocycles. The van der Waals surface area contributed by atoms with E-state index in [1.54, 1.807) is 7.05 Å². The Balaban J connectivity index is 2.70. The van der Waals surface area contributed by atoms with Crippen molar-refractivity contribution in [1.82, 2.24) is 14.3 Å². The number of thiocarbonyl (C=S) groups is 1. The standard InChI is InChI=1S/C9H16N4OS/c1-9(2,7(10)15)4-5-13-8(14)12(3)6-11-13/h6H,4-5H2,1-3H3,(H2,10,15). The van der Waals surface area contributed by atoms with Gasteiger partial charge in [-0.15, -0.1) is 0 Å². The van der Waals surface area contributed by atoms with Crippen LogP contribution >= 0.6 is 12.2 Å². The van der Waals surface area contributed by atoms with E-state index in [0.717, 1.165) is 0 Å². The van der Waals surface area contributed by atoms with Crippen molar-refractivity contribution in [1.29, 1.82) is 0 Å². The van der Waals surface area contributed by atoms with Crippen LogP contribution in [-0.2, 0) is 13.6 Å². The third-order valence-corrected chi connectivity index (χ3v) is 3.05. The fraction of sp³-hybridized carbons (Fsp3) is 0.667. The van der Waals surface area contributed by atoms with E-state index in [0.29, 0.717) is 18.0 Å². The molecule has 1 aromatic heterocycles. The Hall–Kier alpha value is -1.17. The molecular formula is C9H16N4OS. The summed E-state index contributed by atoms with van der Waals surface area (Å²) in [6.07, 6.45) is 2.20. The minimum Gasteiger partial charge on any atom is -0.393 e. The molecule has 0 saturated carbocycles. The Bertz CT molecular complexity index is 418. The van der Waals surface area contributed by atoms with Gasteiger partial charge in [-0.05, 0) is 6.42 Å². The minimum absolute atomic E-state index is 0.117. The van der Waals surface area contributed by atoms with E-state index in [1.165, 1.54) is 15.6 Å². The maximum Gasteiger partial charge on any atom is 0.345 e. The van der Waals surface area contributed by atoms with Crippen molar-refractivity contribution in [2.24, 2.45) is 18.2 Å². The molecule has 0 aliphatic rings. The Kier molecular flexibility index (Phi) is 3.28. The summed E-state index contributed by atoms with van der Waals surface area (Å²) in [4.78, 5) is 11.9. The Morgan fingerprint density at radius 2 is 2.27 bits per heavy atom. The molecule has 0 bridgehead atoms. The molecule has 0 fully saturated rings. The first-order valence-corrected chi connectivity index (χ1v) is 5.14. The summed E-state index contributed by atoms with van der Waals surface area (Å²) >= 11 is 4.95. The van der Waals surface area contributed by atoms with E-state index in [2.05, 4.69) is 5.10 Å². The van der Waals surface area contributed by atoms with Crippen molar-refractivity contribution < 1.29 is 0 Å². The highest BCUT2D eigenvalue weighted by Gasteiger charge is 2.21. The molecule has 0 radical (unpaired) electrons. The monoisotopic (exact) mass is 228 g/mol. The normalized spacial score (nSPS) is 11.7. The maximum atomic E-state index is 11.5. The van der Waals surface area contributed by atoms with Gasteiger partial charge in [0.1, 0.15) is 6.33 Å². The van der Waals surface area contributed by atoms with Gasteiger partial charge in [0.05, 0.1) is 4.99 Å². The van der Waals surface area contributed by atoms with E-state index in [9.17, 15) is 4.79 Å². The van der Waals surface area contributed by atoms with Crippen LogP contribution in [0.3, 0.4) is 0 Å². The Morgan fingerprint density at radius 1 is 1.67 bits per heavy atom.